The number of primary amides is 1. The number of ether oxygens (including phenoxy) is 2. The fraction of sp³-hybridized carbons (Fsp3) is 0.462. The van der Waals surface area contributed by atoms with E-state index in [4.69, 9.17) is 20.9 Å². The van der Waals surface area contributed by atoms with Crippen LogP contribution in [-0.4, -0.2) is 29.6 Å². The van der Waals surface area contributed by atoms with E-state index in [1.54, 1.807) is 13.0 Å². The molecule has 8 heteroatoms. The van der Waals surface area contributed by atoms with E-state index in [0.29, 0.717) is 5.75 Å². The minimum absolute atomic E-state index is 0.0774. The molecule has 0 heterocycles. The Morgan fingerprint density at radius 3 is 2.62 bits per heavy atom. The maximum atomic E-state index is 11.2. The number of benzene rings is 1. The Hall–Kier alpha value is -2.35. The molecule has 1 rings (SSSR count). The van der Waals surface area contributed by atoms with E-state index in [0.717, 1.165) is 0 Å². The van der Waals surface area contributed by atoms with Crippen LogP contribution in [0.5, 0.6) is 11.5 Å². The lowest BCUT2D eigenvalue weighted by Crippen LogP contribution is -2.51. The van der Waals surface area contributed by atoms with E-state index in [1.165, 1.54) is 26.2 Å². The first kappa shape index (κ1) is 16.7. The molecule has 0 aromatic heterocycles. The maximum Gasteiger partial charge on any atom is 0.314 e. The molecule has 0 radical (unpaired) electrons. The zero-order chi connectivity index (χ0) is 16.2. The van der Waals surface area contributed by atoms with Crippen molar-refractivity contribution in [2.75, 3.05) is 7.11 Å². The predicted molar refractivity (Wildman–Crippen MR) is 76.1 cm³/mol. The zero-order valence-electron chi connectivity index (χ0n) is 12.2. The molecule has 0 bridgehead atoms. The highest BCUT2D eigenvalue weighted by molar-refractivity contribution is 5.83. The Balaban J connectivity index is 2.92. The molecule has 0 aliphatic carbocycles. The van der Waals surface area contributed by atoms with Gasteiger partial charge >= 0.3 is 5.69 Å². The summed E-state index contributed by atoms with van der Waals surface area (Å²) in [4.78, 5) is 21.7. The van der Waals surface area contributed by atoms with E-state index in [2.05, 4.69) is 0 Å². The van der Waals surface area contributed by atoms with Gasteiger partial charge in [0.25, 0.3) is 0 Å². The maximum absolute atomic E-state index is 11.2. The number of carbonyl (C=O) groups excluding carboxylic acids is 1. The van der Waals surface area contributed by atoms with Crippen molar-refractivity contribution >= 4 is 11.6 Å². The van der Waals surface area contributed by atoms with Crippen LogP contribution in [0.15, 0.2) is 18.2 Å². The van der Waals surface area contributed by atoms with Gasteiger partial charge in [0.15, 0.2) is 5.75 Å². The summed E-state index contributed by atoms with van der Waals surface area (Å²) in [7, 11) is 1.41. The van der Waals surface area contributed by atoms with Crippen molar-refractivity contribution < 1.29 is 19.2 Å². The van der Waals surface area contributed by atoms with Crippen LogP contribution in [0.4, 0.5) is 5.69 Å². The molecule has 1 amide bonds. The molecule has 0 fully saturated rings. The van der Waals surface area contributed by atoms with Gasteiger partial charge in [-0.2, -0.15) is 0 Å². The standard InChI is InChI=1S/C13H19N3O5/c1-8(7-13(2,15)12(14)17)21-11-5-4-9(20-3)6-10(11)16(18)19/h4-6,8H,7,15H2,1-3H3,(H2,14,17). The summed E-state index contributed by atoms with van der Waals surface area (Å²) in [6, 6.07) is 4.24. The molecule has 4 N–H and O–H groups in total. The van der Waals surface area contributed by atoms with E-state index < -0.39 is 22.5 Å². The van der Waals surface area contributed by atoms with Gasteiger partial charge < -0.3 is 20.9 Å². The third kappa shape index (κ3) is 4.32. The highest BCUT2D eigenvalue weighted by Crippen LogP contribution is 2.32. The van der Waals surface area contributed by atoms with Crippen LogP contribution in [0, 0.1) is 10.1 Å². The summed E-state index contributed by atoms with van der Waals surface area (Å²) in [5, 5.41) is 11.0. The molecule has 8 nitrogen and oxygen atoms in total. The van der Waals surface area contributed by atoms with Crippen molar-refractivity contribution in [2.24, 2.45) is 11.5 Å². The molecule has 0 aliphatic rings. The number of carbonyl (C=O) groups is 1. The SMILES string of the molecule is COc1ccc(OC(C)CC(C)(N)C(N)=O)c([N+](=O)[O-])c1. The monoisotopic (exact) mass is 297 g/mol. The number of rotatable bonds is 7. The lowest BCUT2D eigenvalue weighted by atomic mass is 9.95. The van der Waals surface area contributed by atoms with Gasteiger partial charge in [-0.1, -0.05) is 0 Å². The second-order valence-corrected chi connectivity index (χ2v) is 5.01. The smallest absolute Gasteiger partial charge is 0.314 e. The van der Waals surface area contributed by atoms with Crippen molar-refractivity contribution in [3.05, 3.63) is 28.3 Å². The van der Waals surface area contributed by atoms with Crippen LogP contribution in [0.2, 0.25) is 0 Å². The van der Waals surface area contributed by atoms with Crippen LogP contribution in [-0.2, 0) is 4.79 Å². The van der Waals surface area contributed by atoms with Crippen LogP contribution in [0.3, 0.4) is 0 Å². The highest BCUT2D eigenvalue weighted by atomic mass is 16.6. The summed E-state index contributed by atoms with van der Waals surface area (Å²) in [5.41, 5.74) is 9.46. The second-order valence-electron chi connectivity index (χ2n) is 5.01. The fourth-order valence-electron chi connectivity index (χ4n) is 1.82. The van der Waals surface area contributed by atoms with E-state index in [-0.39, 0.29) is 17.9 Å². The number of nitrogens with two attached hydrogens (primary N) is 2. The predicted octanol–water partition coefficient (Wildman–Crippen LogP) is 0.964. The van der Waals surface area contributed by atoms with Gasteiger partial charge in [-0.15, -0.1) is 0 Å². The van der Waals surface area contributed by atoms with Crippen molar-refractivity contribution in [3.63, 3.8) is 0 Å². The summed E-state index contributed by atoms with van der Waals surface area (Å²) in [5.74, 6) is -0.238. The molecule has 21 heavy (non-hydrogen) atoms. The van der Waals surface area contributed by atoms with Gasteiger partial charge in [-0.25, -0.2) is 0 Å². The summed E-state index contributed by atoms with van der Waals surface area (Å²) in [6.07, 6.45) is -0.398. The number of methoxy groups -OCH3 is 1. The minimum atomic E-state index is -1.25. The minimum Gasteiger partial charge on any atom is -0.496 e. The first-order chi connectivity index (χ1) is 9.67. The largest absolute Gasteiger partial charge is 0.496 e. The van der Waals surface area contributed by atoms with Gasteiger partial charge in [0.2, 0.25) is 5.91 Å². The summed E-state index contributed by atoms with van der Waals surface area (Å²) >= 11 is 0. The topological polar surface area (TPSA) is 131 Å². The van der Waals surface area contributed by atoms with Gasteiger partial charge in [-0.05, 0) is 26.0 Å². The molecule has 1 aromatic carbocycles. The molecule has 0 saturated heterocycles. The first-order valence-electron chi connectivity index (χ1n) is 6.25. The number of nitrogens with zero attached hydrogens (tertiary/aromatic N) is 1. The van der Waals surface area contributed by atoms with Gasteiger partial charge in [-0.3, -0.25) is 14.9 Å². The van der Waals surface area contributed by atoms with Gasteiger partial charge in [0, 0.05) is 6.42 Å². The molecular formula is C13H19N3O5. The van der Waals surface area contributed by atoms with Crippen molar-refractivity contribution in [3.8, 4) is 11.5 Å². The normalized spacial score (nSPS) is 14.9. The number of nitro groups is 1. The molecule has 2 unspecified atom stereocenters. The summed E-state index contributed by atoms with van der Waals surface area (Å²) < 4.78 is 10.4. The third-order valence-corrected chi connectivity index (χ3v) is 2.97. The molecule has 0 spiro atoms. The summed E-state index contributed by atoms with van der Waals surface area (Å²) in [6.45, 7) is 3.14. The molecule has 116 valence electrons. The quantitative estimate of drug-likeness (QED) is 0.569. The number of hydrogen-bond donors (Lipinski definition) is 2. The fourth-order valence-corrected chi connectivity index (χ4v) is 1.82. The first-order valence-corrected chi connectivity index (χ1v) is 6.25. The average molecular weight is 297 g/mol. The Morgan fingerprint density at radius 2 is 2.14 bits per heavy atom. The van der Waals surface area contributed by atoms with Crippen LogP contribution >= 0.6 is 0 Å². The molecule has 1 aromatic rings. The molecular weight excluding hydrogens is 278 g/mol. The Labute approximate surface area is 122 Å². The van der Waals surface area contributed by atoms with Crippen molar-refractivity contribution in [2.45, 2.75) is 31.9 Å². The highest BCUT2D eigenvalue weighted by Gasteiger charge is 2.29. The number of amides is 1. The molecule has 0 aliphatic heterocycles. The van der Waals surface area contributed by atoms with Gasteiger partial charge in [0.1, 0.15) is 5.75 Å². The Morgan fingerprint density at radius 1 is 1.52 bits per heavy atom. The lowest BCUT2D eigenvalue weighted by Gasteiger charge is -2.25. The average Bonchev–Trinajstić information content (AvgIpc) is 2.37. The van der Waals surface area contributed by atoms with Crippen LogP contribution < -0.4 is 20.9 Å². The molecule has 2 atom stereocenters. The van der Waals surface area contributed by atoms with Crippen molar-refractivity contribution in [1.29, 1.82) is 0 Å². The van der Waals surface area contributed by atoms with E-state index in [9.17, 15) is 14.9 Å². The van der Waals surface area contributed by atoms with E-state index in [1.807, 2.05) is 0 Å². The Bertz CT molecular complexity index is 545. The van der Waals surface area contributed by atoms with Crippen molar-refractivity contribution in [1.82, 2.24) is 0 Å². The lowest BCUT2D eigenvalue weighted by molar-refractivity contribution is -0.386. The Kier molecular flexibility index (Phi) is 5.09. The van der Waals surface area contributed by atoms with Gasteiger partial charge in [0.05, 0.1) is 29.7 Å². The van der Waals surface area contributed by atoms with Crippen LogP contribution in [0.25, 0.3) is 0 Å². The number of nitro benzene ring substituents is 1. The molecule has 0 saturated carbocycles. The zero-order valence-corrected chi connectivity index (χ0v) is 12.2. The third-order valence-electron chi connectivity index (χ3n) is 2.97. The van der Waals surface area contributed by atoms with Crippen LogP contribution in [0.1, 0.15) is 20.3 Å². The van der Waals surface area contributed by atoms with E-state index >= 15 is 0 Å². The second kappa shape index (κ2) is 6.40. The number of hydrogen-bond acceptors (Lipinski definition) is 6.